The minimum atomic E-state index is -0.827. The number of halogens is 2. The van der Waals surface area contributed by atoms with E-state index in [0.29, 0.717) is 19.5 Å². The second-order valence-electron chi connectivity index (χ2n) is 4.86. The van der Waals surface area contributed by atoms with Crippen LogP contribution in [0.3, 0.4) is 0 Å². The van der Waals surface area contributed by atoms with Crippen molar-refractivity contribution in [2.75, 3.05) is 11.9 Å². The van der Waals surface area contributed by atoms with Crippen LogP contribution < -0.4 is 10.6 Å². The Bertz CT molecular complexity index is 717. The molecule has 0 atom stereocenters. The molecule has 0 bridgehead atoms. The van der Waals surface area contributed by atoms with Crippen LogP contribution in [0.1, 0.15) is 12.2 Å². The molecule has 8 heteroatoms. The van der Waals surface area contributed by atoms with Gasteiger partial charge < -0.3 is 15.2 Å². The predicted octanol–water partition coefficient (Wildman–Crippen LogP) is 2.13. The molecule has 1 heterocycles. The third-order valence-electron chi connectivity index (χ3n) is 3.17. The van der Waals surface area contributed by atoms with Gasteiger partial charge in [0, 0.05) is 31.2 Å². The Morgan fingerprint density at radius 2 is 2.13 bits per heavy atom. The maximum absolute atomic E-state index is 13.0. The minimum Gasteiger partial charge on any atom is -0.348 e. The van der Waals surface area contributed by atoms with Crippen LogP contribution in [0.25, 0.3) is 0 Å². The fraction of sp³-hybridized carbons (Fsp3) is 0.267. The molecule has 0 aliphatic carbocycles. The molecule has 23 heavy (non-hydrogen) atoms. The van der Waals surface area contributed by atoms with Gasteiger partial charge in [-0.1, -0.05) is 11.6 Å². The highest BCUT2D eigenvalue weighted by atomic mass is 35.5. The number of hydrogen-bond acceptors (Lipinski definition) is 3. The summed E-state index contributed by atoms with van der Waals surface area (Å²) in [6.07, 6.45) is 4.22. The summed E-state index contributed by atoms with van der Waals surface area (Å²) in [6, 6.07) is 3.68. The van der Waals surface area contributed by atoms with Gasteiger partial charge in [0.05, 0.1) is 5.02 Å². The van der Waals surface area contributed by atoms with Gasteiger partial charge in [0.2, 0.25) is 0 Å². The van der Waals surface area contributed by atoms with E-state index in [2.05, 4.69) is 15.6 Å². The smallest absolute Gasteiger partial charge is 0.313 e. The predicted molar refractivity (Wildman–Crippen MR) is 84.6 cm³/mol. The Labute approximate surface area is 137 Å². The Balaban J connectivity index is 1.75. The molecule has 0 saturated heterocycles. The summed E-state index contributed by atoms with van der Waals surface area (Å²) in [5.74, 6) is -1.29. The number of carbonyl (C=O) groups is 2. The number of anilines is 1. The maximum atomic E-state index is 13.0. The number of carbonyl (C=O) groups excluding carboxylic acids is 2. The molecule has 2 rings (SSSR count). The quantitative estimate of drug-likeness (QED) is 0.647. The number of nitrogens with one attached hydrogen (secondary N) is 2. The number of benzene rings is 1. The van der Waals surface area contributed by atoms with E-state index in [-0.39, 0.29) is 10.7 Å². The Kier molecular flexibility index (Phi) is 5.70. The number of nitrogens with zero attached hydrogens (tertiary/aromatic N) is 2. The zero-order chi connectivity index (χ0) is 16.8. The average molecular weight is 339 g/mol. The first-order chi connectivity index (χ1) is 11.0. The second-order valence-corrected chi connectivity index (χ2v) is 5.27. The van der Waals surface area contributed by atoms with Crippen LogP contribution >= 0.6 is 11.6 Å². The van der Waals surface area contributed by atoms with E-state index in [4.69, 9.17) is 11.6 Å². The van der Waals surface area contributed by atoms with E-state index in [0.717, 1.165) is 11.9 Å². The van der Waals surface area contributed by atoms with E-state index in [1.807, 2.05) is 17.7 Å². The normalized spacial score (nSPS) is 10.4. The first kappa shape index (κ1) is 17.0. The molecule has 6 nitrogen and oxygen atoms in total. The Morgan fingerprint density at radius 1 is 1.35 bits per heavy atom. The Hall–Kier alpha value is -2.41. The molecule has 2 amide bonds. The third kappa shape index (κ3) is 4.79. The SMILES string of the molecule is Cc1nccn1CCCNC(=O)C(=O)Nc1ccc(F)c(Cl)c1. The zero-order valence-electron chi connectivity index (χ0n) is 12.5. The number of amides is 2. The molecule has 0 radical (unpaired) electrons. The highest BCUT2D eigenvalue weighted by molar-refractivity contribution is 6.39. The van der Waals surface area contributed by atoms with Crippen LogP contribution in [-0.4, -0.2) is 27.9 Å². The number of imidazole rings is 1. The molecule has 0 spiro atoms. The van der Waals surface area contributed by atoms with Gasteiger partial charge in [0.1, 0.15) is 11.6 Å². The van der Waals surface area contributed by atoms with Crippen LogP contribution in [0, 0.1) is 12.7 Å². The van der Waals surface area contributed by atoms with Crippen LogP contribution in [0.5, 0.6) is 0 Å². The van der Waals surface area contributed by atoms with Crippen molar-refractivity contribution < 1.29 is 14.0 Å². The molecule has 0 aliphatic heterocycles. The van der Waals surface area contributed by atoms with Crippen molar-refractivity contribution in [2.24, 2.45) is 0 Å². The highest BCUT2D eigenvalue weighted by Gasteiger charge is 2.13. The van der Waals surface area contributed by atoms with Crippen molar-refractivity contribution in [3.05, 3.63) is 47.3 Å². The van der Waals surface area contributed by atoms with Crippen molar-refractivity contribution in [2.45, 2.75) is 19.9 Å². The second kappa shape index (κ2) is 7.73. The monoisotopic (exact) mass is 338 g/mol. The Morgan fingerprint density at radius 3 is 2.78 bits per heavy atom. The number of hydrogen-bond donors (Lipinski definition) is 2. The van der Waals surface area contributed by atoms with Crippen molar-refractivity contribution in [1.82, 2.24) is 14.9 Å². The summed E-state index contributed by atoms with van der Waals surface area (Å²) >= 11 is 5.61. The van der Waals surface area contributed by atoms with Gasteiger partial charge in [0.15, 0.2) is 0 Å². The van der Waals surface area contributed by atoms with E-state index in [1.54, 1.807) is 6.20 Å². The van der Waals surface area contributed by atoms with Gasteiger partial charge in [-0.2, -0.15) is 0 Å². The first-order valence-corrected chi connectivity index (χ1v) is 7.37. The molecule has 1 aromatic heterocycles. The molecular weight excluding hydrogens is 323 g/mol. The van der Waals surface area contributed by atoms with Crippen LogP contribution in [0.2, 0.25) is 5.02 Å². The lowest BCUT2D eigenvalue weighted by atomic mass is 10.3. The van der Waals surface area contributed by atoms with Gasteiger partial charge in [0.25, 0.3) is 0 Å². The van der Waals surface area contributed by atoms with Gasteiger partial charge in [-0.05, 0) is 31.5 Å². The molecule has 0 unspecified atom stereocenters. The van der Waals surface area contributed by atoms with E-state index < -0.39 is 17.6 Å². The van der Waals surface area contributed by atoms with Crippen LogP contribution in [0.4, 0.5) is 10.1 Å². The lowest BCUT2D eigenvalue weighted by Gasteiger charge is -2.08. The number of rotatable bonds is 5. The molecule has 0 fully saturated rings. The van der Waals surface area contributed by atoms with Gasteiger partial charge in [-0.15, -0.1) is 0 Å². The molecule has 1 aromatic carbocycles. The molecule has 0 saturated carbocycles. The summed E-state index contributed by atoms with van der Waals surface area (Å²) in [7, 11) is 0. The van der Waals surface area contributed by atoms with Crippen molar-refractivity contribution in [3.8, 4) is 0 Å². The van der Waals surface area contributed by atoms with Gasteiger partial charge in [-0.3, -0.25) is 9.59 Å². The molecule has 2 aromatic rings. The van der Waals surface area contributed by atoms with Crippen LogP contribution in [0.15, 0.2) is 30.6 Å². The van der Waals surface area contributed by atoms with E-state index in [1.165, 1.54) is 12.1 Å². The topological polar surface area (TPSA) is 76.0 Å². The maximum Gasteiger partial charge on any atom is 0.313 e. The summed E-state index contributed by atoms with van der Waals surface area (Å²) < 4.78 is 15.0. The minimum absolute atomic E-state index is 0.126. The summed E-state index contributed by atoms with van der Waals surface area (Å²) in [4.78, 5) is 27.5. The standard InChI is InChI=1S/C15H16ClFN4O2/c1-10-18-6-8-21(10)7-2-5-19-14(22)15(23)20-11-3-4-13(17)12(16)9-11/h3-4,6,8-9H,2,5,7H2,1H3,(H,19,22)(H,20,23). The van der Waals surface area contributed by atoms with Gasteiger partial charge in [-0.25, -0.2) is 9.37 Å². The molecule has 0 aliphatic rings. The molecular formula is C15H16ClFN4O2. The van der Waals surface area contributed by atoms with E-state index in [9.17, 15) is 14.0 Å². The summed E-state index contributed by atoms with van der Waals surface area (Å²) in [5, 5.41) is 4.75. The zero-order valence-corrected chi connectivity index (χ0v) is 13.2. The largest absolute Gasteiger partial charge is 0.348 e. The number of aryl methyl sites for hydroxylation is 2. The molecule has 2 N–H and O–H groups in total. The van der Waals surface area contributed by atoms with Crippen LogP contribution in [-0.2, 0) is 16.1 Å². The lowest BCUT2D eigenvalue weighted by Crippen LogP contribution is -2.36. The fourth-order valence-corrected chi connectivity index (χ4v) is 2.11. The fourth-order valence-electron chi connectivity index (χ4n) is 1.93. The summed E-state index contributed by atoms with van der Waals surface area (Å²) in [5.41, 5.74) is 0.255. The van der Waals surface area contributed by atoms with Crippen molar-refractivity contribution >= 4 is 29.1 Å². The summed E-state index contributed by atoms with van der Waals surface area (Å²) in [6.45, 7) is 2.94. The van der Waals surface area contributed by atoms with Crippen molar-refractivity contribution in [1.29, 1.82) is 0 Å². The highest BCUT2D eigenvalue weighted by Crippen LogP contribution is 2.19. The van der Waals surface area contributed by atoms with Gasteiger partial charge >= 0.3 is 11.8 Å². The lowest BCUT2D eigenvalue weighted by molar-refractivity contribution is -0.136. The molecule has 122 valence electrons. The average Bonchev–Trinajstić information content (AvgIpc) is 2.92. The number of aromatic nitrogens is 2. The van der Waals surface area contributed by atoms with Crippen molar-refractivity contribution in [3.63, 3.8) is 0 Å². The first-order valence-electron chi connectivity index (χ1n) is 6.99. The van der Waals surface area contributed by atoms with E-state index >= 15 is 0 Å². The third-order valence-corrected chi connectivity index (χ3v) is 3.46.